The third kappa shape index (κ3) is 2.32. The molecule has 0 saturated heterocycles. The van der Waals surface area contributed by atoms with Gasteiger partial charge in [0.2, 0.25) is 5.65 Å². The summed E-state index contributed by atoms with van der Waals surface area (Å²) in [4.78, 5) is 19.0. The molecule has 0 radical (unpaired) electrons. The maximum atomic E-state index is 11.0. The number of nitrogens with one attached hydrogen (secondary N) is 1. The predicted octanol–water partition coefficient (Wildman–Crippen LogP) is 2.21. The molecule has 0 fully saturated rings. The third-order valence-electron chi connectivity index (χ3n) is 3.71. The fraction of sp³-hybridized carbons (Fsp3) is 0.133. The summed E-state index contributed by atoms with van der Waals surface area (Å²) in [5.41, 5.74) is 3.28. The Hall–Kier alpha value is -3.49. The number of nitrogens with zero attached hydrogens (tertiary/aromatic N) is 6. The molecule has 4 heterocycles. The molecule has 0 saturated carbocycles. The summed E-state index contributed by atoms with van der Waals surface area (Å²) >= 11 is 0. The van der Waals surface area contributed by atoms with Crippen LogP contribution in [0.5, 0.6) is 0 Å². The van der Waals surface area contributed by atoms with E-state index in [0.717, 1.165) is 16.9 Å². The van der Waals surface area contributed by atoms with E-state index in [1.54, 1.807) is 12.1 Å². The fourth-order valence-corrected chi connectivity index (χ4v) is 2.55. The van der Waals surface area contributed by atoms with E-state index in [0.29, 0.717) is 18.0 Å². The van der Waals surface area contributed by atoms with Gasteiger partial charge in [-0.25, -0.2) is 9.97 Å². The van der Waals surface area contributed by atoms with Gasteiger partial charge in [0.1, 0.15) is 11.8 Å². The average molecular weight is 323 g/mol. The second kappa shape index (κ2) is 5.30. The molecule has 24 heavy (non-hydrogen) atoms. The van der Waals surface area contributed by atoms with Crippen LogP contribution >= 0.6 is 0 Å². The number of fused-ring (bicyclic) bond motifs is 2. The molecule has 120 valence electrons. The summed E-state index contributed by atoms with van der Waals surface area (Å²) in [6.45, 7) is 2.47. The normalized spacial score (nSPS) is 11.2. The molecule has 4 aromatic heterocycles. The molecule has 9 nitrogen and oxygen atoms in total. The number of anilines is 1. The number of rotatable bonds is 4. The van der Waals surface area contributed by atoms with E-state index in [2.05, 4.69) is 20.4 Å². The number of pyridine rings is 1. The molecule has 0 unspecified atom stereocenters. The Balaban J connectivity index is 1.60. The first kappa shape index (κ1) is 14.1. The lowest BCUT2D eigenvalue weighted by molar-refractivity contribution is -0.391. The molecule has 9 heteroatoms. The number of hydrogen-bond acceptors (Lipinski definition) is 6. The fourth-order valence-electron chi connectivity index (χ4n) is 2.55. The Morgan fingerprint density at radius 2 is 2.21 bits per heavy atom. The van der Waals surface area contributed by atoms with Crippen LogP contribution in [0.25, 0.3) is 11.3 Å². The van der Waals surface area contributed by atoms with E-state index >= 15 is 0 Å². The Labute approximate surface area is 135 Å². The van der Waals surface area contributed by atoms with Gasteiger partial charge in [0.25, 0.3) is 0 Å². The molecule has 4 rings (SSSR count). The Morgan fingerprint density at radius 3 is 3.00 bits per heavy atom. The van der Waals surface area contributed by atoms with Gasteiger partial charge >= 0.3 is 5.82 Å². The first-order valence-corrected chi connectivity index (χ1v) is 7.28. The van der Waals surface area contributed by atoms with Crippen molar-refractivity contribution in [2.45, 2.75) is 13.5 Å². The third-order valence-corrected chi connectivity index (χ3v) is 3.71. The number of nitro groups is 1. The second-order valence-corrected chi connectivity index (χ2v) is 5.37. The minimum atomic E-state index is -0.512. The van der Waals surface area contributed by atoms with Crippen LogP contribution in [-0.2, 0) is 6.54 Å². The molecular formula is C15H13N7O2. The number of imidazole rings is 2. The number of aromatic nitrogens is 5. The Bertz CT molecular complexity index is 1070. The van der Waals surface area contributed by atoms with Crippen molar-refractivity contribution < 1.29 is 4.92 Å². The highest BCUT2D eigenvalue weighted by Gasteiger charge is 2.16. The van der Waals surface area contributed by atoms with Gasteiger partial charge < -0.3 is 19.8 Å². The molecule has 0 aliphatic carbocycles. The summed E-state index contributed by atoms with van der Waals surface area (Å²) in [7, 11) is 0. The average Bonchev–Trinajstić information content (AvgIpc) is 3.17. The van der Waals surface area contributed by atoms with Crippen LogP contribution in [0.2, 0.25) is 0 Å². The van der Waals surface area contributed by atoms with Crippen LogP contribution in [0.4, 0.5) is 11.6 Å². The molecule has 0 aromatic carbocycles. The van der Waals surface area contributed by atoms with Gasteiger partial charge in [0.05, 0.1) is 12.2 Å². The number of hydrogen-bond donors (Lipinski definition) is 1. The zero-order valence-electron chi connectivity index (χ0n) is 12.7. The lowest BCUT2D eigenvalue weighted by Gasteiger charge is -2.01. The molecule has 0 aliphatic rings. The summed E-state index contributed by atoms with van der Waals surface area (Å²) in [5, 5.41) is 18.3. The van der Waals surface area contributed by atoms with Crippen LogP contribution in [0.3, 0.4) is 0 Å². The Morgan fingerprint density at radius 1 is 1.33 bits per heavy atom. The standard InChI is InChI=1S/C15H13N7O2/c1-10-3-2-6-20-9-11(18-15(10)20)7-16-12-4-5-13-17-8-14(22(23)24)21(13)19-12/h2-6,8-9H,7H2,1H3,(H,16,19). The molecule has 0 amide bonds. The van der Waals surface area contributed by atoms with Crippen molar-refractivity contribution in [2.24, 2.45) is 0 Å². The van der Waals surface area contributed by atoms with Crippen LogP contribution < -0.4 is 5.32 Å². The quantitative estimate of drug-likeness (QED) is 0.456. The van der Waals surface area contributed by atoms with Crippen LogP contribution in [0, 0.1) is 17.0 Å². The minimum absolute atomic E-state index is 0.169. The number of aryl methyl sites for hydroxylation is 1. The summed E-state index contributed by atoms with van der Waals surface area (Å²) < 4.78 is 3.17. The van der Waals surface area contributed by atoms with Gasteiger partial charge in [-0.3, -0.25) is 0 Å². The first-order valence-electron chi connectivity index (χ1n) is 7.28. The summed E-state index contributed by atoms with van der Waals surface area (Å²) in [6.07, 6.45) is 5.07. The van der Waals surface area contributed by atoms with Crippen molar-refractivity contribution in [2.75, 3.05) is 5.32 Å². The minimum Gasteiger partial charge on any atom is -0.361 e. The van der Waals surface area contributed by atoms with Gasteiger partial charge in [-0.2, -0.15) is 0 Å². The first-order chi connectivity index (χ1) is 11.6. The Kier molecular flexibility index (Phi) is 3.12. The van der Waals surface area contributed by atoms with Crippen molar-refractivity contribution in [1.29, 1.82) is 0 Å². The van der Waals surface area contributed by atoms with Crippen LogP contribution in [0.15, 0.2) is 42.9 Å². The molecule has 0 bridgehead atoms. The maximum Gasteiger partial charge on any atom is 0.368 e. The largest absolute Gasteiger partial charge is 0.368 e. The predicted molar refractivity (Wildman–Crippen MR) is 86.9 cm³/mol. The zero-order valence-corrected chi connectivity index (χ0v) is 12.7. The van der Waals surface area contributed by atoms with E-state index < -0.39 is 4.92 Å². The SMILES string of the molecule is Cc1cccn2cc(CNc3ccc4ncc([N+](=O)[O-])n4n3)nc12. The van der Waals surface area contributed by atoms with Crippen molar-refractivity contribution in [1.82, 2.24) is 24.0 Å². The van der Waals surface area contributed by atoms with Gasteiger partial charge in [0.15, 0.2) is 5.82 Å². The lowest BCUT2D eigenvalue weighted by Crippen LogP contribution is -2.05. The van der Waals surface area contributed by atoms with Gasteiger partial charge in [0, 0.05) is 18.5 Å². The molecule has 0 atom stereocenters. The molecule has 0 aliphatic heterocycles. The van der Waals surface area contributed by atoms with E-state index in [-0.39, 0.29) is 5.82 Å². The van der Waals surface area contributed by atoms with E-state index in [1.807, 2.05) is 35.9 Å². The highest BCUT2D eigenvalue weighted by molar-refractivity contribution is 5.50. The van der Waals surface area contributed by atoms with Crippen LogP contribution in [-0.4, -0.2) is 28.9 Å². The summed E-state index contributed by atoms with van der Waals surface area (Å²) in [5.74, 6) is 0.342. The topological polar surface area (TPSA) is 103 Å². The van der Waals surface area contributed by atoms with E-state index in [4.69, 9.17) is 0 Å². The van der Waals surface area contributed by atoms with Gasteiger partial charge in [-0.1, -0.05) is 15.7 Å². The lowest BCUT2D eigenvalue weighted by atomic mass is 10.3. The monoisotopic (exact) mass is 323 g/mol. The summed E-state index contributed by atoms with van der Waals surface area (Å²) in [6, 6.07) is 7.38. The molecule has 1 N–H and O–H groups in total. The smallest absolute Gasteiger partial charge is 0.361 e. The highest BCUT2D eigenvalue weighted by atomic mass is 16.6. The van der Waals surface area contributed by atoms with Crippen LogP contribution in [0.1, 0.15) is 11.3 Å². The zero-order chi connectivity index (χ0) is 16.7. The molecule has 0 spiro atoms. The van der Waals surface area contributed by atoms with Crippen molar-refractivity contribution >= 4 is 22.9 Å². The van der Waals surface area contributed by atoms with E-state index in [1.165, 1.54) is 10.7 Å². The van der Waals surface area contributed by atoms with E-state index in [9.17, 15) is 10.1 Å². The van der Waals surface area contributed by atoms with Crippen molar-refractivity contribution in [3.8, 4) is 0 Å². The van der Waals surface area contributed by atoms with Gasteiger partial charge in [-0.15, -0.1) is 0 Å². The molecular weight excluding hydrogens is 310 g/mol. The van der Waals surface area contributed by atoms with Gasteiger partial charge in [-0.05, 0) is 29.5 Å². The van der Waals surface area contributed by atoms with Crippen molar-refractivity contribution in [3.63, 3.8) is 0 Å². The highest BCUT2D eigenvalue weighted by Crippen LogP contribution is 2.15. The second-order valence-electron chi connectivity index (χ2n) is 5.37. The van der Waals surface area contributed by atoms with Crippen molar-refractivity contribution in [3.05, 3.63) is 64.2 Å². The molecule has 4 aromatic rings. The maximum absolute atomic E-state index is 11.0.